The summed E-state index contributed by atoms with van der Waals surface area (Å²) in [5.74, 6) is 0.506. The highest BCUT2D eigenvalue weighted by atomic mass is 32.2. The van der Waals surface area contributed by atoms with Crippen molar-refractivity contribution in [2.45, 2.75) is 44.2 Å². The zero-order chi connectivity index (χ0) is 24.7. The summed E-state index contributed by atoms with van der Waals surface area (Å²) in [5.41, 5.74) is 0.0120. The second-order valence-electron chi connectivity index (χ2n) is 7.38. The first-order valence-electron chi connectivity index (χ1n) is 10.6. The fraction of sp³-hybridized carbons (Fsp3) is 0.292. The van der Waals surface area contributed by atoms with E-state index in [-0.39, 0.29) is 11.4 Å². The first kappa shape index (κ1) is 25.4. The Bertz CT molecular complexity index is 1130. The number of ether oxygens (including phenoxy) is 1. The summed E-state index contributed by atoms with van der Waals surface area (Å²) < 4.78 is 47.2. The summed E-state index contributed by atoms with van der Waals surface area (Å²) in [6.45, 7) is 8.05. The summed E-state index contributed by atoms with van der Waals surface area (Å²) >= 11 is 1.07. The van der Waals surface area contributed by atoms with Gasteiger partial charge in [0.2, 0.25) is 5.91 Å². The number of anilines is 1. The number of alkyl halides is 3. The second kappa shape index (κ2) is 11.2. The van der Waals surface area contributed by atoms with Crippen LogP contribution in [0.15, 0.2) is 66.3 Å². The van der Waals surface area contributed by atoms with Crippen LogP contribution in [0, 0.1) is 0 Å². The van der Waals surface area contributed by atoms with Crippen molar-refractivity contribution in [3.63, 3.8) is 0 Å². The van der Waals surface area contributed by atoms with Crippen molar-refractivity contribution in [3.05, 3.63) is 78.1 Å². The normalized spacial score (nSPS) is 12.3. The van der Waals surface area contributed by atoms with E-state index in [1.54, 1.807) is 10.6 Å². The maximum Gasteiger partial charge on any atom is 0.418 e. The van der Waals surface area contributed by atoms with Gasteiger partial charge in [-0.3, -0.25) is 9.36 Å². The van der Waals surface area contributed by atoms with Crippen molar-refractivity contribution in [3.8, 4) is 5.75 Å². The molecule has 6 nitrogen and oxygen atoms in total. The molecule has 1 atom stereocenters. The van der Waals surface area contributed by atoms with Crippen LogP contribution in [-0.2, 0) is 23.9 Å². The largest absolute Gasteiger partial charge is 0.483 e. The number of rotatable bonds is 10. The molecular weight excluding hydrogens is 465 g/mol. The van der Waals surface area contributed by atoms with Crippen molar-refractivity contribution in [2.24, 2.45) is 0 Å². The third kappa shape index (κ3) is 6.40. The molecule has 1 unspecified atom stereocenters. The summed E-state index contributed by atoms with van der Waals surface area (Å²) in [4.78, 5) is 12.4. The predicted molar refractivity (Wildman–Crippen MR) is 126 cm³/mol. The molecule has 0 aliphatic carbocycles. The molecule has 0 saturated carbocycles. The minimum absolute atomic E-state index is 0.144. The molecule has 0 aliphatic rings. The lowest BCUT2D eigenvalue weighted by molar-refractivity contribution is -0.137. The quantitative estimate of drug-likeness (QED) is 0.282. The maximum atomic E-state index is 13.2. The molecule has 2 aromatic carbocycles. The molecular formula is C24H25F3N4O2S. The number of aryl methyl sites for hydroxylation is 1. The number of aromatic nitrogens is 3. The second-order valence-corrected chi connectivity index (χ2v) is 8.32. The zero-order valence-electron chi connectivity index (χ0n) is 18.8. The van der Waals surface area contributed by atoms with Crippen LogP contribution >= 0.6 is 11.8 Å². The summed E-state index contributed by atoms with van der Waals surface area (Å²) in [5, 5.41) is 11.1. The Morgan fingerprint density at radius 1 is 1.21 bits per heavy atom. The third-order valence-corrected chi connectivity index (χ3v) is 5.87. The van der Waals surface area contributed by atoms with Gasteiger partial charge in [-0.2, -0.15) is 13.2 Å². The van der Waals surface area contributed by atoms with Crippen LogP contribution in [0.25, 0.3) is 0 Å². The van der Waals surface area contributed by atoms with Crippen LogP contribution in [0.4, 0.5) is 18.9 Å². The predicted octanol–water partition coefficient (Wildman–Crippen LogP) is 5.92. The van der Waals surface area contributed by atoms with Gasteiger partial charge in [-0.25, -0.2) is 0 Å². The molecule has 3 aromatic rings. The monoisotopic (exact) mass is 490 g/mol. The molecule has 0 aliphatic heterocycles. The SMILES string of the molecule is C=CCn1c(SCC(=O)Nc2ccccc2C(F)(F)F)nnc1C(C)Oc1ccc(CC)cc1. The number of halogens is 3. The van der Waals surface area contributed by atoms with Crippen molar-refractivity contribution in [1.29, 1.82) is 0 Å². The average molecular weight is 491 g/mol. The molecule has 0 saturated heterocycles. The number of para-hydroxylation sites is 1. The van der Waals surface area contributed by atoms with Gasteiger partial charge in [-0.15, -0.1) is 16.8 Å². The van der Waals surface area contributed by atoms with Crippen LogP contribution in [0.1, 0.15) is 36.9 Å². The van der Waals surface area contributed by atoms with Gasteiger partial charge < -0.3 is 10.1 Å². The van der Waals surface area contributed by atoms with Crippen molar-refractivity contribution in [2.75, 3.05) is 11.1 Å². The highest BCUT2D eigenvalue weighted by Gasteiger charge is 2.33. The van der Waals surface area contributed by atoms with Crippen molar-refractivity contribution >= 4 is 23.4 Å². The molecule has 1 amide bonds. The van der Waals surface area contributed by atoms with Crippen LogP contribution in [0.5, 0.6) is 5.75 Å². The lowest BCUT2D eigenvalue weighted by Gasteiger charge is -2.16. The molecule has 1 aromatic heterocycles. The standard InChI is InChI=1S/C24H25F3N4O2S/c1-4-14-31-22(16(3)33-18-12-10-17(5-2)11-13-18)29-30-23(31)34-15-21(32)28-20-9-7-6-8-19(20)24(25,26)27/h4,6-13,16H,1,5,14-15H2,2-3H3,(H,28,32). The number of carbonyl (C=O) groups is 1. The van der Waals surface area contributed by atoms with Crippen LogP contribution in [0.3, 0.4) is 0 Å². The molecule has 0 radical (unpaired) electrons. The Morgan fingerprint density at radius 3 is 2.56 bits per heavy atom. The average Bonchev–Trinajstić information content (AvgIpc) is 3.21. The topological polar surface area (TPSA) is 69.0 Å². The van der Waals surface area contributed by atoms with Gasteiger partial charge in [-0.05, 0) is 43.2 Å². The fourth-order valence-electron chi connectivity index (χ4n) is 3.22. The Hall–Kier alpha value is -3.27. The zero-order valence-corrected chi connectivity index (χ0v) is 19.6. The van der Waals surface area contributed by atoms with Gasteiger partial charge in [0.25, 0.3) is 0 Å². The lowest BCUT2D eigenvalue weighted by atomic mass is 10.1. The van der Waals surface area contributed by atoms with E-state index in [0.717, 1.165) is 24.2 Å². The number of thioether (sulfide) groups is 1. The summed E-state index contributed by atoms with van der Waals surface area (Å²) in [6.07, 6.45) is -2.40. The molecule has 180 valence electrons. The number of carbonyl (C=O) groups excluding carboxylic acids is 1. The van der Waals surface area contributed by atoms with E-state index in [1.807, 2.05) is 31.2 Å². The number of benzene rings is 2. The van der Waals surface area contributed by atoms with Crippen LogP contribution < -0.4 is 10.1 Å². The van der Waals surface area contributed by atoms with Crippen LogP contribution in [0.2, 0.25) is 0 Å². The van der Waals surface area contributed by atoms with E-state index in [0.29, 0.717) is 23.3 Å². The van der Waals surface area contributed by atoms with Gasteiger partial charge in [-0.1, -0.05) is 49.0 Å². The first-order chi connectivity index (χ1) is 16.2. The molecule has 3 rings (SSSR count). The van der Waals surface area contributed by atoms with E-state index < -0.39 is 23.8 Å². The molecule has 0 bridgehead atoms. The molecule has 10 heteroatoms. The number of amides is 1. The number of hydrogen-bond donors (Lipinski definition) is 1. The molecule has 1 heterocycles. The summed E-state index contributed by atoms with van der Waals surface area (Å²) in [6, 6.07) is 12.6. The van der Waals surface area contributed by atoms with Crippen molar-refractivity contribution in [1.82, 2.24) is 14.8 Å². The minimum Gasteiger partial charge on any atom is -0.483 e. The van der Waals surface area contributed by atoms with Gasteiger partial charge in [0.1, 0.15) is 5.75 Å². The number of nitrogens with zero attached hydrogens (tertiary/aromatic N) is 3. The minimum atomic E-state index is -4.57. The molecule has 1 N–H and O–H groups in total. The highest BCUT2D eigenvalue weighted by Crippen LogP contribution is 2.34. The molecule has 34 heavy (non-hydrogen) atoms. The van der Waals surface area contributed by atoms with E-state index in [2.05, 4.69) is 29.0 Å². The lowest BCUT2D eigenvalue weighted by Crippen LogP contribution is -2.18. The number of hydrogen-bond acceptors (Lipinski definition) is 5. The van der Waals surface area contributed by atoms with Gasteiger partial charge in [0, 0.05) is 6.54 Å². The Morgan fingerprint density at radius 2 is 1.91 bits per heavy atom. The molecule has 0 fully saturated rings. The molecule has 0 spiro atoms. The first-order valence-corrected chi connectivity index (χ1v) is 11.6. The van der Waals surface area contributed by atoms with E-state index in [9.17, 15) is 18.0 Å². The van der Waals surface area contributed by atoms with Gasteiger partial charge in [0.05, 0.1) is 17.0 Å². The van der Waals surface area contributed by atoms with E-state index in [4.69, 9.17) is 4.74 Å². The number of allylic oxidation sites excluding steroid dienone is 1. The van der Waals surface area contributed by atoms with Gasteiger partial charge in [0.15, 0.2) is 17.1 Å². The smallest absolute Gasteiger partial charge is 0.418 e. The van der Waals surface area contributed by atoms with E-state index in [1.165, 1.54) is 23.8 Å². The maximum absolute atomic E-state index is 13.2. The van der Waals surface area contributed by atoms with Crippen molar-refractivity contribution < 1.29 is 22.7 Å². The Labute approximate surface area is 200 Å². The Balaban J connectivity index is 1.68. The Kier molecular flexibility index (Phi) is 8.38. The highest BCUT2D eigenvalue weighted by molar-refractivity contribution is 7.99. The van der Waals surface area contributed by atoms with Gasteiger partial charge >= 0.3 is 6.18 Å². The third-order valence-electron chi connectivity index (χ3n) is 4.90. The van der Waals surface area contributed by atoms with Crippen LogP contribution in [-0.4, -0.2) is 26.4 Å². The summed E-state index contributed by atoms with van der Waals surface area (Å²) in [7, 11) is 0. The fourth-order valence-corrected chi connectivity index (χ4v) is 3.98. The van der Waals surface area contributed by atoms with E-state index >= 15 is 0 Å². The number of nitrogens with one attached hydrogen (secondary N) is 1.